The molecule has 3 rings (SSSR count). The van der Waals surface area contributed by atoms with Gasteiger partial charge in [0.25, 0.3) is 0 Å². The van der Waals surface area contributed by atoms with E-state index in [4.69, 9.17) is 11.6 Å². The van der Waals surface area contributed by atoms with Gasteiger partial charge in [-0.2, -0.15) is 13.2 Å². The first kappa shape index (κ1) is 17.8. The van der Waals surface area contributed by atoms with Crippen molar-refractivity contribution in [3.05, 3.63) is 53.1 Å². The number of carbonyl (C=O) groups is 1. The molecular formula is C19H17ClF3NO. The Morgan fingerprint density at radius 3 is 2.28 bits per heavy atom. The number of rotatable bonds is 3. The number of amides is 1. The Bertz CT molecular complexity index is 765. The summed E-state index contributed by atoms with van der Waals surface area (Å²) in [6.07, 6.45) is -0.460. The predicted octanol–water partition coefficient (Wildman–Crippen LogP) is 6.15. The lowest BCUT2D eigenvalue weighted by Gasteiger charge is -2.13. The van der Waals surface area contributed by atoms with Crippen molar-refractivity contribution in [2.75, 3.05) is 5.32 Å². The van der Waals surface area contributed by atoms with Crippen molar-refractivity contribution in [3.63, 3.8) is 0 Å². The highest BCUT2D eigenvalue weighted by Crippen LogP contribution is 2.36. The normalized spacial score (nSPS) is 15.4. The van der Waals surface area contributed by atoms with Crippen LogP contribution >= 0.6 is 11.6 Å². The summed E-state index contributed by atoms with van der Waals surface area (Å²) in [6, 6.07) is 9.92. The molecule has 6 heteroatoms. The fraction of sp³-hybridized carbons (Fsp3) is 0.316. The van der Waals surface area contributed by atoms with Crippen LogP contribution in [-0.4, -0.2) is 5.91 Å². The van der Waals surface area contributed by atoms with Crippen LogP contribution in [0.25, 0.3) is 11.1 Å². The molecule has 1 amide bonds. The highest BCUT2D eigenvalue weighted by Gasteiger charge is 2.31. The molecule has 0 radical (unpaired) electrons. The molecule has 1 aliphatic rings. The van der Waals surface area contributed by atoms with Crippen molar-refractivity contribution in [1.29, 1.82) is 0 Å². The van der Waals surface area contributed by atoms with Gasteiger partial charge in [-0.1, -0.05) is 36.6 Å². The van der Waals surface area contributed by atoms with Gasteiger partial charge in [0.2, 0.25) is 5.91 Å². The molecule has 0 bridgehead atoms. The first-order chi connectivity index (χ1) is 11.8. The number of hydrogen-bond donors (Lipinski definition) is 1. The molecule has 2 nitrogen and oxygen atoms in total. The Kier molecular flexibility index (Phi) is 5.04. The van der Waals surface area contributed by atoms with Crippen LogP contribution in [0, 0.1) is 5.92 Å². The third kappa shape index (κ3) is 4.15. The van der Waals surface area contributed by atoms with Crippen LogP contribution in [-0.2, 0) is 11.0 Å². The van der Waals surface area contributed by atoms with Gasteiger partial charge in [0.1, 0.15) is 0 Å². The highest BCUT2D eigenvalue weighted by molar-refractivity contribution is 6.33. The molecule has 25 heavy (non-hydrogen) atoms. The zero-order valence-electron chi connectivity index (χ0n) is 13.4. The molecule has 2 aromatic carbocycles. The summed E-state index contributed by atoms with van der Waals surface area (Å²) in [7, 11) is 0. The first-order valence-corrected chi connectivity index (χ1v) is 8.50. The maximum atomic E-state index is 12.9. The van der Waals surface area contributed by atoms with E-state index in [1.54, 1.807) is 24.3 Å². The van der Waals surface area contributed by atoms with Gasteiger partial charge >= 0.3 is 6.18 Å². The van der Waals surface area contributed by atoms with Gasteiger partial charge in [0, 0.05) is 22.2 Å². The third-order valence-electron chi connectivity index (χ3n) is 4.48. The van der Waals surface area contributed by atoms with E-state index < -0.39 is 11.7 Å². The van der Waals surface area contributed by atoms with E-state index in [0.717, 1.165) is 37.8 Å². The van der Waals surface area contributed by atoms with E-state index in [1.165, 1.54) is 6.07 Å². The van der Waals surface area contributed by atoms with Crippen molar-refractivity contribution in [2.45, 2.75) is 31.9 Å². The molecule has 0 unspecified atom stereocenters. The number of alkyl halides is 3. The van der Waals surface area contributed by atoms with Crippen molar-refractivity contribution in [3.8, 4) is 11.1 Å². The average Bonchev–Trinajstić information content (AvgIpc) is 3.10. The van der Waals surface area contributed by atoms with Crippen molar-refractivity contribution < 1.29 is 18.0 Å². The molecule has 2 aromatic rings. The smallest absolute Gasteiger partial charge is 0.326 e. The van der Waals surface area contributed by atoms with Crippen LogP contribution in [0.4, 0.5) is 18.9 Å². The minimum Gasteiger partial charge on any atom is -0.326 e. The number of anilines is 1. The molecule has 1 fully saturated rings. The molecular weight excluding hydrogens is 351 g/mol. The van der Waals surface area contributed by atoms with Gasteiger partial charge in [-0.3, -0.25) is 4.79 Å². The number of nitrogens with one attached hydrogen (secondary N) is 1. The van der Waals surface area contributed by atoms with E-state index in [0.29, 0.717) is 16.8 Å². The lowest BCUT2D eigenvalue weighted by atomic mass is 10.0. The van der Waals surface area contributed by atoms with Crippen LogP contribution in [0.2, 0.25) is 5.02 Å². The van der Waals surface area contributed by atoms with Crippen molar-refractivity contribution >= 4 is 23.2 Å². The third-order valence-corrected chi connectivity index (χ3v) is 4.81. The molecule has 0 saturated heterocycles. The van der Waals surface area contributed by atoms with Gasteiger partial charge in [0.05, 0.1) is 5.56 Å². The number of carbonyl (C=O) groups excluding carboxylic acids is 1. The summed E-state index contributed by atoms with van der Waals surface area (Å²) in [4.78, 5) is 12.1. The molecule has 0 heterocycles. The minimum atomic E-state index is -4.42. The van der Waals surface area contributed by atoms with E-state index in [-0.39, 0.29) is 16.8 Å². The van der Waals surface area contributed by atoms with E-state index >= 15 is 0 Å². The number of halogens is 4. The predicted molar refractivity (Wildman–Crippen MR) is 92.5 cm³/mol. The van der Waals surface area contributed by atoms with Gasteiger partial charge < -0.3 is 5.32 Å². The zero-order chi connectivity index (χ0) is 18.0. The summed E-state index contributed by atoms with van der Waals surface area (Å²) in [5, 5.41) is 3.11. The lowest BCUT2D eigenvalue weighted by molar-refractivity contribution is -0.137. The Labute approximate surface area is 149 Å². The summed E-state index contributed by atoms with van der Waals surface area (Å²) < 4.78 is 38.6. The van der Waals surface area contributed by atoms with Gasteiger partial charge in [-0.15, -0.1) is 0 Å². The van der Waals surface area contributed by atoms with Crippen molar-refractivity contribution in [1.82, 2.24) is 0 Å². The second-order valence-electron chi connectivity index (χ2n) is 6.24. The first-order valence-electron chi connectivity index (χ1n) is 8.12. The number of hydrogen-bond acceptors (Lipinski definition) is 1. The number of benzene rings is 2. The van der Waals surface area contributed by atoms with Gasteiger partial charge in [-0.05, 0) is 48.7 Å². The largest absolute Gasteiger partial charge is 0.416 e. The Morgan fingerprint density at radius 2 is 1.68 bits per heavy atom. The molecule has 0 spiro atoms. The van der Waals surface area contributed by atoms with Gasteiger partial charge in [-0.25, -0.2) is 0 Å². The van der Waals surface area contributed by atoms with Crippen LogP contribution < -0.4 is 5.32 Å². The summed E-state index contributed by atoms with van der Waals surface area (Å²) in [5.41, 5.74) is 0.759. The van der Waals surface area contributed by atoms with Crippen LogP contribution in [0.1, 0.15) is 31.2 Å². The second kappa shape index (κ2) is 7.08. The highest BCUT2D eigenvalue weighted by atomic mass is 35.5. The summed E-state index contributed by atoms with van der Waals surface area (Å²) in [6.45, 7) is 0. The minimum absolute atomic E-state index is 0.00218. The Morgan fingerprint density at radius 1 is 1.04 bits per heavy atom. The van der Waals surface area contributed by atoms with Gasteiger partial charge in [0.15, 0.2) is 0 Å². The monoisotopic (exact) mass is 367 g/mol. The molecule has 0 aromatic heterocycles. The molecule has 1 aliphatic carbocycles. The quantitative estimate of drug-likeness (QED) is 0.692. The average molecular weight is 368 g/mol. The molecule has 0 aliphatic heterocycles. The standard InChI is InChI=1S/C19H17ClF3NO/c20-17-10-7-14(19(21,22)23)11-16(17)12-5-8-15(9-6-12)24-18(25)13-3-1-2-4-13/h5-11,13H,1-4H2,(H,24,25). The lowest BCUT2D eigenvalue weighted by Crippen LogP contribution is -2.20. The maximum Gasteiger partial charge on any atom is 0.416 e. The molecule has 132 valence electrons. The Hall–Kier alpha value is -2.01. The molecule has 1 saturated carbocycles. The zero-order valence-corrected chi connectivity index (χ0v) is 14.1. The van der Waals surface area contributed by atoms with Crippen LogP contribution in [0.3, 0.4) is 0 Å². The molecule has 1 N–H and O–H groups in total. The van der Waals surface area contributed by atoms with E-state index in [2.05, 4.69) is 5.32 Å². The Balaban J connectivity index is 1.79. The topological polar surface area (TPSA) is 29.1 Å². The maximum absolute atomic E-state index is 12.9. The molecule has 0 atom stereocenters. The van der Waals surface area contributed by atoms with Crippen molar-refractivity contribution in [2.24, 2.45) is 5.92 Å². The fourth-order valence-electron chi connectivity index (χ4n) is 3.09. The summed E-state index contributed by atoms with van der Waals surface area (Å²) in [5.74, 6) is 0.0555. The van der Waals surface area contributed by atoms with E-state index in [9.17, 15) is 18.0 Å². The van der Waals surface area contributed by atoms with Crippen LogP contribution in [0.15, 0.2) is 42.5 Å². The SMILES string of the molecule is O=C(Nc1ccc(-c2cc(C(F)(F)F)ccc2Cl)cc1)C1CCCC1. The second-order valence-corrected chi connectivity index (χ2v) is 6.65. The fourth-order valence-corrected chi connectivity index (χ4v) is 3.31. The van der Waals surface area contributed by atoms with Crippen LogP contribution in [0.5, 0.6) is 0 Å². The summed E-state index contributed by atoms with van der Waals surface area (Å²) >= 11 is 6.05. The van der Waals surface area contributed by atoms with E-state index in [1.807, 2.05) is 0 Å².